The van der Waals surface area contributed by atoms with Gasteiger partial charge in [0.05, 0.1) is 5.75 Å². The first-order chi connectivity index (χ1) is 10.5. The number of alkyl carbamates (subject to hydrolysis) is 1. The minimum atomic E-state index is -2.95. The molecule has 0 spiro atoms. The van der Waals surface area contributed by atoms with Crippen molar-refractivity contribution in [3.8, 4) is 0 Å². The third-order valence-electron chi connectivity index (χ3n) is 3.91. The molecule has 0 aromatic heterocycles. The predicted octanol–water partition coefficient (Wildman–Crippen LogP) is 2.24. The van der Waals surface area contributed by atoms with E-state index in [4.69, 9.17) is 4.74 Å². The van der Waals surface area contributed by atoms with Crippen molar-refractivity contribution in [1.29, 1.82) is 0 Å². The van der Waals surface area contributed by atoms with Crippen molar-refractivity contribution in [2.24, 2.45) is 0 Å². The highest BCUT2D eigenvalue weighted by atomic mass is 32.2. The molecule has 2 N–H and O–H groups in total. The third-order valence-corrected chi connectivity index (χ3v) is 5.80. The summed E-state index contributed by atoms with van der Waals surface area (Å²) in [4.78, 5) is 11.8. The molecule has 7 heteroatoms. The average Bonchev–Trinajstić information content (AvgIpc) is 2.38. The van der Waals surface area contributed by atoms with Crippen LogP contribution >= 0.6 is 0 Å². The van der Waals surface area contributed by atoms with Crippen LogP contribution in [0.5, 0.6) is 0 Å². The van der Waals surface area contributed by atoms with E-state index in [2.05, 4.69) is 10.6 Å². The Labute approximate surface area is 140 Å². The van der Waals surface area contributed by atoms with Crippen LogP contribution in [0.1, 0.15) is 60.3 Å². The van der Waals surface area contributed by atoms with Crippen molar-refractivity contribution in [2.75, 3.05) is 11.5 Å². The first-order valence-electron chi connectivity index (χ1n) is 8.46. The highest BCUT2D eigenvalue weighted by Crippen LogP contribution is 2.20. The number of hydrogen-bond donors (Lipinski definition) is 2. The molecule has 23 heavy (non-hydrogen) atoms. The number of carbonyl (C=O) groups excluding carboxylic acids is 1. The lowest BCUT2D eigenvalue weighted by molar-refractivity contribution is 0.0489. The summed E-state index contributed by atoms with van der Waals surface area (Å²) in [6, 6.07) is 0.409. The van der Waals surface area contributed by atoms with Gasteiger partial charge in [-0.25, -0.2) is 13.2 Å². The molecule has 1 aliphatic rings. The molecule has 1 amide bonds. The van der Waals surface area contributed by atoms with E-state index in [1.807, 2.05) is 27.7 Å². The summed E-state index contributed by atoms with van der Waals surface area (Å²) in [5.74, 6) is 0.366. The molecule has 0 aromatic rings. The Morgan fingerprint density at radius 1 is 1.17 bits per heavy atom. The van der Waals surface area contributed by atoms with Crippen LogP contribution in [0.3, 0.4) is 0 Å². The summed E-state index contributed by atoms with van der Waals surface area (Å²) in [7, 11) is -2.95. The van der Waals surface area contributed by atoms with E-state index in [0.29, 0.717) is 6.04 Å². The minimum Gasteiger partial charge on any atom is -0.444 e. The van der Waals surface area contributed by atoms with Crippen molar-refractivity contribution in [3.05, 3.63) is 0 Å². The smallest absolute Gasteiger partial charge is 0.407 e. The lowest BCUT2D eigenvalue weighted by Crippen LogP contribution is -2.46. The molecule has 1 saturated carbocycles. The van der Waals surface area contributed by atoms with Gasteiger partial charge < -0.3 is 15.4 Å². The van der Waals surface area contributed by atoms with Crippen molar-refractivity contribution >= 4 is 15.9 Å². The van der Waals surface area contributed by atoms with Gasteiger partial charge in [0, 0.05) is 23.9 Å². The summed E-state index contributed by atoms with van der Waals surface area (Å²) in [5, 5.41) is 6.31. The molecule has 0 bridgehead atoms. The maximum Gasteiger partial charge on any atom is 0.407 e. The lowest BCUT2D eigenvalue weighted by atomic mass is 9.91. The molecular weight excluding hydrogens is 316 g/mol. The quantitative estimate of drug-likeness (QED) is 0.769. The second-order valence-corrected chi connectivity index (χ2v) is 9.86. The Bertz CT molecular complexity index is 477. The van der Waals surface area contributed by atoms with Crippen molar-refractivity contribution in [3.63, 3.8) is 0 Å². The van der Waals surface area contributed by atoms with Gasteiger partial charge in [0.15, 0.2) is 9.84 Å². The summed E-state index contributed by atoms with van der Waals surface area (Å²) < 4.78 is 28.5. The van der Waals surface area contributed by atoms with Crippen LogP contribution in [0.25, 0.3) is 0 Å². The van der Waals surface area contributed by atoms with Gasteiger partial charge in [0.2, 0.25) is 0 Å². The number of ether oxygens (including phenoxy) is 1. The van der Waals surface area contributed by atoms with Gasteiger partial charge in [-0.1, -0.05) is 6.92 Å². The zero-order chi connectivity index (χ0) is 17.7. The predicted molar refractivity (Wildman–Crippen MR) is 92.3 cm³/mol. The molecular formula is C16H32N2O4S. The molecule has 136 valence electrons. The molecule has 1 atom stereocenters. The molecule has 0 aliphatic heterocycles. The van der Waals surface area contributed by atoms with Gasteiger partial charge in [-0.05, 0) is 53.4 Å². The minimum absolute atomic E-state index is 0.0414. The van der Waals surface area contributed by atoms with Crippen molar-refractivity contribution in [1.82, 2.24) is 10.6 Å². The monoisotopic (exact) mass is 348 g/mol. The fourth-order valence-corrected chi connectivity index (χ4v) is 3.92. The van der Waals surface area contributed by atoms with E-state index < -0.39 is 15.4 Å². The van der Waals surface area contributed by atoms with Crippen LogP contribution in [0.15, 0.2) is 0 Å². The number of carbonyl (C=O) groups is 1. The number of sulfone groups is 1. The zero-order valence-electron chi connectivity index (χ0n) is 15.0. The maximum absolute atomic E-state index is 11.8. The van der Waals surface area contributed by atoms with Crippen LogP contribution < -0.4 is 10.6 Å². The number of nitrogens with one attached hydrogen (secondary N) is 2. The van der Waals surface area contributed by atoms with E-state index >= 15 is 0 Å². The van der Waals surface area contributed by atoms with Crippen LogP contribution in [0.2, 0.25) is 0 Å². The fraction of sp³-hybridized carbons (Fsp3) is 0.938. The second-order valence-electron chi connectivity index (χ2n) is 7.46. The van der Waals surface area contributed by atoms with Gasteiger partial charge >= 0.3 is 6.09 Å². The summed E-state index contributed by atoms with van der Waals surface area (Å²) in [6.45, 7) is 9.13. The number of hydrogen-bond acceptors (Lipinski definition) is 5. The van der Waals surface area contributed by atoms with Crippen molar-refractivity contribution < 1.29 is 17.9 Å². The Morgan fingerprint density at radius 3 is 2.17 bits per heavy atom. The highest BCUT2D eigenvalue weighted by Gasteiger charge is 2.26. The maximum atomic E-state index is 11.8. The van der Waals surface area contributed by atoms with E-state index in [1.54, 1.807) is 6.92 Å². The largest absolute Gasteiger partial charge is 0.444 e. The Kier molecular flexibility index (Phi) is 7.32. The second kappa shape index (κ2) is 8.33. The van der Waals surface area contributed by atoms with Crippen LogP contribution in [-0.4, -0.2) is 49.7 Å². The lowest BCUT2D eigenvalue weighted by Gasteiger charge is -2.32. The fourth-order valence-electron chi connectivity index (χ4n) is 2.83. The third kappa shape index (κ3) is 8.55. The SMILES string of the molecule is CCS(=O)(=O)CC(C)NC1CCC(NC(=O)OC(C)(C)C)CC1. The Hall–Kier alpha value is -0.820. The van der Waals surface area contributed by atoms with E-state index in [0.717, 1.165) is 25.7 Å². The molecule has 1 aliphatic carbocycles. The molecule has 1 unspecified atom stereocenters. The van der Waals surface area contributed by atoms with Gasteiger partial charge in [0.1, 0.15) is 5.60 Å². The van der Waals surface area contributed by atoms with Gasteiger partial charge in [-0.15, -0.1) is 0 Å². The molecule has 0 radical (unpaired) electrons. The first kappa shape index (κ1) is 20.2. The number of amides is 1. The molecule has 1 fully saturated rings. The molecule has 0 saturated heterocycles. The van der Waals surface area contributed by atoms with Crippen molar-refractivity contribution in [2.45, 2.75) is 84.0 Å². The zero-order valence-corrected chi connectivity index (χ0v) is 15.8. The van der Waals surface area contributed by atoms with Crippen LogP contribution in [0, 0.1) is 0 Å². The summed E-state index contributed by atoms with van der Waals surface area (Å²) >= 11 is 0. The van der Waals surface area contributed by atoms with Gasteiger partial charge in [-0.2, -0.15) is 0 Å². The molecule has 1 rings (SSSR count). The molecule has 0 heterocycles. The van der Waals surface area contributed by atoms with E-state index in [9.17, 15) is 13.2 Å². The Morgan fingerprint density at radius 2 is 1.70 bits per heavy atom. The van der Waals surface area contributed by atoms with E-state index in [-0.39, 0.29) is 29.7 Å². The topological polar surface area (TPSA) is 84.5 Å². The average molecular weight is 349 g/mol. The summed E-state index contributed by atoms with van der Waals surface area (Å²) in [5.41, 5.74) is -0.483. The normalized spacial score (nSPS) is 24.0. The first-order valence-corrected chi connectivity index (χ1v) is 10.3. The summed E-state index contributed by atoms with van der Waals surface area (Å²) in [6.07, 6.45) is 3.25. The standard InChI is InChI=1S/C16H32N2O4S/c1-6-23(20,21)11-12(2)17-13-7-9-14(10-8-13)18-15(19)22-16(3,4)5/h12-14,17H,6-11H2,1-5H3,(H,18,19). The van der Waals surface area contributed by atoms with Crippen LogP contribution in [0.4, 0.5) is 4.79 Å². The van der Waals surface area contributed by atoms with E-state index in [1.165, 1.54) is 0 Å². The Balaban J connectivity index is 2.31. The number of rotatable bonds is 6. The van der Waals surface area contributed by atoms with Crippen LogP contribution in [-0.2, 0) is 14.6 Å². The van der Waals surface area contributed by atoms with Gasteiger partial charge in [-0.3, -0.25) is 0 Å². The highest BCUT2D eigenvalue weighted by molar-refractivity contribution is 7.91. The molecule has 0 aromatic carbocycles. The molecule has 6 nitrogen and oxygen atoms in total. The van der Waals surface area contributed by atoms with Gasteiger partial charge in [0.25, 0.3) is 0 Å².